The number of nitrogens with one attached hydrogen (secondary N) is 1. The summed E-state index contributed by atoms with van der Waals surface area (Å²) in [5.41, 5.74) is 7.22. The van der Waals surface area contributed by atoms with Crippen LogP contribution in [-0.4, -0.2) is 21.7 Å². The van der Waals surface area contributed by atoms with Gasteiger partial charge < -0.3 is 11.1 Å². The first kappa shape index (κ1) is 13.5. The van der Waals surface area contributed by atoms with Crippen molar-refractivity contribution in [3.63, 3.8) is 0 Å². The molecule has 1 aromatic rings. The number of hydrogen-bond donors (Lipinski definition) is 2. The fourth-order valence-corrected chi connectivity index (χ4v) is 4.38. The minimum absolute atomic E-state index is 0.0999. The van der Waals surface area contributed by atoms with Crippen LogP contribution in [0.1, 0.15) is 50.5 Å². The number of aromatic nitrogens is 2. The standard InChI is InChI=1S/C15H24N4O/c1-14(2)9-5-6-15(14,3)11(7-9)18-13(20)12-10(16)8-17-19(12)4/h8-9,11H,5-7,16H2,1-4H3,(H,18,20). The number of nitrogens with zero attached hydrogens (tertiary/aromatic N) is 2. The second-order valence-corrected chi connectivity index (χ2v) is 7.21. The maximum atomic E-state index is 12.5. The van der Waals surface area contributed by atoms with E-state index in [-0.39, 0.29) is 17.4 Å². The van der Waals surface area contributed by atoms with E-state index in [0.29, 0.717) is 22.7 Å². The Morgan fingerprint density at radius 1 is 1.50 bits per heavy atom. The van der Waals surface area contributed by atoms with Gasteiger partial charge in [-0.05, 0) is 36.0 Å². The molecule has 20 heavy (non-hydrogen) atoms. The summed E-state index contributed by atoms with van der Waals surface area (Å²) in [5.74, 6) is 0.610. The second-order valence-electron chi connectivity index (χ2n) is 7.21. The maximum Gasteiger partial charge on any atom is 0.271 e. The molecule has 2 fully saturated rings. The molecule has 0 aliphatic heterocycles. The van der Waals surface area contributed by atoms with E-state index in [1.807, 2.05) is 0 Å². The van der Waals surface area contributed by atoms with E-state index in [0.717, 1.165) is 6.42 Å². The number of aryl methyl sites for hydroxylation is 1. The first-order valence-electron chi connectivity index (χ1n) is 7.35. The molecule has 3 N–H and O–H groups in total. The monoisotopic (exact) mass is 276 g/mol. The van der Waals surface area contributed by atoms with Gasteiger partial charge in [0.25, 0.3) is 5.91 Å². The minimum Gasteiger partial charge on any atom is -0.396 e. The Morgan fingerprint density at radius 2 is 2.20 bits per heavy atom. The zero-order chi connectivity index (χ0) is 14.7. The van der Waals surface area contributed by atoms with E-state index in [9.17, 15) is 4.79 Å². The molecule has 3 rings (SSSR count). The van der Waals surface area contributed by atoms with Crippen LogP contribution < -0.4 is 11.1 Å². The third-order valence-corrected chi connectivity index (χ3v) is 6.28. The average molecular weight is 276 g/mol. The van der Waals surface area contributed by atoms with Crippen molar-refractivity contribution >= 4 is 11.6 Å². The van der Waals surface area contributed by atoms with Crippen molar-refractivity contribution in [2.45, 2.75) is 46.1 Å². The van der Waals surface area contributed by atoms with Crippen molar-refractivity contribution < 1.29 is 4.79 Å². The molecular formula is C15H24N4O. The molecule has 0 spiro atoms. The highest BCUT2D eigenvalue weighted by atomic mass is 16.2. The minimum atomic E-state index is -0.0999. The highest BCUT2D eigenvalue weighted by Gasteiger charge is 2.61. The van der Waals surface area contributed by atoms with E-state index in [1.54, 1.807) is 11.7 Å². The second kappa shape index (κ2) is 3.99. The first-order valence-corrected chi connectivity index (χ1v) is 7.35. The molecule has 0 saturated heterocycles. The number of anilines is 1. The van der Waals surface area contributed by atoms with E-state index in [1.165, 1.54) is 19.0 Å². The van der Waals surface area contributed by atoms with Gasteiger partial charge in [-0.2, -0.15) is 5.10 Å². The van der Waals surface area contributed by atoms with E-state index < -0.39 is 0 Å². The van der Waals surface area contributed by atoms with Gasteiger partial charge in [-0.1, -0.05) is 20.8 Å². The number of hydrogen-bond acceptors (Lipinski definition) is 3. The van der Waals surface area contributed by atoms with Crippen LogP contribution in [0.25, 0.3) is 0 Å². The summed E-state index contributed by atoms with van der Waals surface area (Å²) in [6.07, 6.45) is 5.08. The van der Waals surface area contributed by atoms with Crippen molar-refractivity contribution in [1.82, 2.24) is 15.1 Å². The van der Waals surface area contributed by atoms with Crippen LogP contribution in [0.2, 0.25) is 0 Å². The number of carbonyl (C=O) groups is 1. The van der Waals surface area contributed by atoms with Gasteiger partial charge >= 0.3 is 0 Å². The lowest BCUT2D eigenvalue weighted by Gasteiger charge is -2.39. The molecule has 0 radical (unpaired) electrons. The largest absolute Gasteiger partial charge is 0.396 e. The van der Waals surface area contributed by atoms with E-state index >= 15 is 0 Å². The van der Waals surface area contributed by atoms with E-state index in [4.69, 9.17) is 5.73 Å². The van der Waals surface area contributed by atoms with Gasteiger partial charge in [0.05, 0.1) is 11.9 Å². The Bertz CT molecular complexity index is 543. The molecule has 1 aromatic heterocycles. The Kier molecular flexibility index (Phi) is 2.69. The van der Waals surface area contributed by atoms with E-state index in [2.05, 4.69) is 31.2 Å². The van der Waals surface area contributed by atoms with Gasteiger partial charge in [-0.15, -0.1) is 0 Å². The normalized spacial score (nSPS) is 34.4. The highest BCUT2D eigenvalue weighted by molar-refractivity contribution is 5.97. The van der Waals surface area contributed by atoms with Crippen LogP contribution in [0.3, 0.4) is 0 Å². The molecule has 1 amide bonds. The predicted octanol–water partition coefficient (Wildman–Crippen LogP) is 1.95. The van der Waals surface area contributed by atoms with Crippen molar-refractivity contribution in [2.24, 2.45) is 23.8 Å². The summed E-state index contributed by atoms with van der Waals surface area (Å²) >= 11 is 0. The topological polar surface area (TPSA) is 72.9 Å². The fourth-order valence-electron chi connectivity index (χ4n) is 4.38. The quantitative estimate of drug-likeness (QED) is 0.867. The zero-order valence-electron chi connectivity index (χ0n) is 12.7. The Balaban J connectivity index is 1.82. The molecular weight excluding hydrogens is 252 g/mol. The van der Waals surface area contributed by atoms with Gasteiger partial charge in [-0.25, -0.2) is 0 Å². The predicted molar refractivity (Wildman–Crippen MR) is 78.1 cm³/mol. The molecule has 5 heteroatoms. The molecule has 0 aromatic carbocycles. The number of amides is 1. The first-order chi connectivity index (χ1) is 9.27. The lowest BCUT2D eigenvalue weighted by atomic mass is 9.69. The Labute approximate surface area is 119 Å². The highest BCUT2D eigenvalue weighted by Crippen LogP contribution is 2.65. The fraction of sp³-hybridized carbons (Fsp3) is 0.733. The van der Waals surface area contributed by atoms with Crippen LogP contribution in [0.5, 0.6) is 0 Å². The van der Waals surface area contributed by atoms with Crippen LogP contribution in [0, 0.1) is 16.7 Å². The van der Waals surface area contributed by atoms with Gasteiger partial charge in [0.1, 0.15) is 5.69 Å². The zero-order valence-corrected chi connectivity index (χ0v) is 12.7. The van der Waals surface area contributed by atoms with Gasteiger partial charge in [0, 0.05) is 13.1 Å². The number of rotatable bonds is 2. The molecule has 5 nitrogen and oxygen atoms in total. The summed E-state index contributed by atoms with van der Waals surface area (Å²) in [4.78, 5) is 12.5. The van der Waals surface area contributed by atoms with Crippen molar-refractivity contribution in [3.05, 3.63) is 11.9 Å². The van der Waals surface area contributed by atoms with Crippen LogP contribution in [0.4, 0.5) is 5.69 Å². The van der Waals surface area contributed by atoms with Gasteiger partial charge in [0.2, 0.25) is 0 Å². The summed E-state index contributed by atoms with van der Waals surface area (Å²) in [5, 5.41) is 7.25. The molecule has 2 bridgehead atoms. The maximum absolute atomic E-state index is 12.5. The number of carbonyl (C=O) groups excluding carboxylic acids is 1. The van der Waals surface area contributed by atoms with Crippen LogP contribution >= 0.6 is 0 Å². The summed E-state index contributed by atoms with van der Waals surface area (Å²) < 4.78 is 1.55. The molecule has 2 saturated carbocycles. The molecule has 2 aliphatic rings. The lowest BCUT2D eigenvalue weighted by molar-refractivity contribution is 0.0818. The molecule has 2 aliphatic carbocycles. The van der Waals surface area contributed by atoms with Gasteiger partial charge in [-0.3, -0.25) is 9.48 Å². The third-order valence-electron chi connectivity index (χ3n) is 6.28. The number of fused-ring (bicyclic) bond motifs is 2. The van der Waals surface area contributed by atoms with Crippen LogP contribution in [-0.2, 0) is 7.05 Å². The van der Waals surface area contributed by atoms with Crippen LogP contribution in [0.15, 0.2) is 6.20 Å². The van der Waals surface area contributed by atoms with Crippen molar-refractivity contribution in [2.75, 3.05) is 5.73 Å². The molecule has 110 valence electrons. The average Bonchev–Trinajstić information content (AvgIpc) is 2.87. The number of nitrogens with two attached hydrogens (primary N) is 1. The molecule has 3 atom stereocenters. The lowest BCUT2D eigenvalue weighted by Crippen LogP contribution is -2.47. The summed E-state index contributed by atoms with van der Waals surface area (Å²) in [7, 11) is 1.75. The third kappa shape index (κ3) is 1.55. The smallest absolute Gasteiger partial charge is 0.271 e. The summed E-state index contributed by atoms with van der Waals surface area (Å²) in [6, 6.07) is 0.234. The van der Waals surface area contributed by atoms with Crippen molar-refractivity contribution in [1.29, 1.82) is 0 Å². The van der Waals surface area contributed by atoms with Gasteiger partial charge in [0.15, 0.2) is 0 Å². The summed E-state index contributed by atoms with van der Waals surface area (Å²) in [6.45, 7) is 7.00. The van der Waals surface area contributed by atoms with Crippen molar-refractivity contribution in [3.8, 4) is 0 Å². The molecule has 1 heterocycles. The number of nitrogen functional groups attached to an aromatic ring is 1. The Morgan fingerprint density at radius 3 is 2.65 bits per heavy atom. The Hall–Kier alpha value is -1.52. The SMILES string of the molecule is Cn1ncc(N)c1C(=O)NC1CC2CCC1(C)C2(C)C. The molecule has 3 unspecified atom stereocenters.